The van der Waals surface area contributed by atoms with Crippen LogP contribution in [0.1, 0.15) is 36.0 Å². The van der Waals surface area contributed by atoms with E-state index >= 15 is 0 Å². The fourth-order valence-electron chi connectivity index (χ4n) is 2.48. The van der Waals surface area contributed by atoms with Gasteiger partial charge in [-0.3, -0.25) is 4.79 Å². The molecule has 4 heteroatoms. The second kappa shape index (κ2) is 6.92. The van der Waals surface area contributed by atoms with E-state index in [-0.39, 0.29) is 5.78 Å². The van der Waals surface area contributed by atoms with Crippen LogP contribution in [0.5, 0.6) is 5.75 Å². The minimum Gasteiger partial charge on any atom is -0.495 e. The van der Waals surface area contributed by atoms with Crippen LogP contribution in [0.2, 0.25) is 5.02 Å². The van der Waals surface area contributed by atoms with E-state index in [4.69, 9.17) is 16.3 Å². The second-order valence-electron chi connectivity index (χ2n) is 5.00. The van der Waals surface area contributed by atoms with Gasteiger partial charge in [0.1, 0.15) is 5.75 Å². The van der Waals surface area contributed by atoms with Crippen molar-refractivity contribution in [3.8, 4) is 5.75 Å². The molecule has 0 bridgehead atoms. The largest absolute Gasteiger partial charge is 0.495 e. The molecule has 1 aliphatic rings. The SMILES string of the molecule is COc1cc(C(=O)CCC2CCNCC2)ccc1Cl. The number of Topliss-reactive ketones (excluding diaryl/α,β-unsaturated/α-hetero) is 1. The van der Waals surface area contributed by atoms with Crippen LogP contribution in [0.15, 0.2) is 18.2 Å². The number of rotatable bonds is 5. The molecule has 2 rings (SSSR count). The van der Waals surface area contributed by atoms with Crippen LogP contribution in [-0.4, -0.2) is 26.0 Å². The van der Waals surface area contributed by atoms with E-state index in [1.807, 2.05) is 0 Å². The van der Waals surface area contributed by atoms with E-state index < -0.39 is 0 Å². The van der Waals surface area contributed by atoms with Gasteiger partial charge in [-0.1, -0.05) is 11.6 Å². The summed E-state index contributed by atoms with van der Waals surface area (Å²) in [5, 5.41) is 3.88. The van der Waals surface area contributed by atoms with Crippen molar-refractivity contribution in [2.45, 2.75) is 25.7 Å². The van der Waals surface area contributed by atoms with Crippen molar-refractivity contribution in [2.75, 3.05) is 20.2 Å². The van der Waals surface area contributed by atoms with Crippen molar-refractivity contribution in [3.63, 3.8) is 0 Å². The van der Waals surface area contributed by atoms with Crippen LogP contribution >= 0.6 is 11.6 Å². The van der Waals surface area contributed by atoms with Crippen LogP contribution in [0.25, 0.3) is 0 Å². The molecule has 1 aliphatic heterocycles. The molecule has 1 aromatic carbocycles. The number of ketones is 1. The summed E-state index contributed by atoms with van der Waals surface area (Å²) in [7, 11) is 1.56. The standard InChI is InChI=1S/C15H20ClNO2/c1-19-15-10-12(3-4-13(15)16)14(18)5-2-11-6-8-17-9-7-11/h3-4,10-11,17H,2,5-9H2,1H3. The van der Waals surface area contributed by atoms with Gasteiger partial charge in [-0.15, -0.1) is 0 Å². The molecule has 19 heavy (non-hydrogen) atoms. The Bertz CT molecular complexity index is 442. The highest BCUT2D eigenvalue weighted by Gasteiger charge is 2.16. The first kappa shape index (κ1) is 14.4. The topological polar surface area (TPSA) is 38.3 Å². The number of carbonyl (C=O) groups excluding carboxylic acids is 1. The molecule has 0 saturated carbocycles. The lowest BCUT2D eigenvalue weighted by atomic mass is 9.91. The minimum absolute atomic E-state index is 0.175. The van der Waals surface area contributed by atoms with Gasteiger partial charge in [-0.2, -0.15) is 0 Å². The van der Waals surface area contributed by atoms with Gasteiger partial charge in [0.25, 0.3) is 0 Å². The van der Waals surface area contributed by atoms with Crippen LogP contribution in [-0.2, 0) is 0 Å². The number of hydrogen-bond acceptors (Lipinski definition) is 3. The molecule has 1 saturated heterocycles. The number of halogens is 1. The zero-order valence-electron chi connectivity index (χ0n) is 11.2. The first-order valence-electron chi connectivity index (χ1n) is 6.78. The second-order valence-corrected chi connectivity index (χ2v) is 5.41. The van der Waals surface area contributed by atoms with E-state index in [1.165, 1.54) is 12.8 Å². The summed E-state index contributed by atoms with van der Waals surface area (Å²) < 4.78 is 5.14. The summed E-state index contributed by atoms with van der Waals surface area (Å²) in [4.78, 5) is 12.2. The Labute approximate surface area is 119 Å². The number of benzene rings is 1. The van der Waals surface area contributed by atoms with Crippen molar-refractivity contribution in [2.24, 2.45) is 5.92 Å². The van der Waals surface area contributed by atoms with E-state index in [0.717, 1.165) is 19.5 Å². The van der Waals surface area contributed by atoms with Crippen LogP contribution in [0.4, 0.5) is 0 Å². The van der Waals surface area contributed by atoms with Gasteiger partial charge in [0.2, 0.25) is 0 Å². The number of carbonyl (C=O) groups is 1. The maximum atomic E-state index is 12.2. The predicted octanol–water partition coefficient (Wildman–Crippen LogP) is 3.31. The van der Waals surface area contributed by atoms with E-state index in [9.17, 15) is 4.79 Å². The monoisotopic (exact) mass is 281 g/mol. The summed E-state index contributed by atoms with van der Waals surface area (Å²) in [5.74, 6) is 1.42. The first-order chi connectivity index (χ1) is 9.20. The van der Waals surface area contributed by atoms with Crippen molar-refractivity contribution in [3.05, 3.63) is 28.8 Å². The highest BCUT2D eigenvalue weighted by atomic mass is 35.5. The molecule has 0 aliphatic carbocycles. The number of ether oxygens (including phenoxy) is 1. The van der Waals surface area contributed by atoms with Gasteiger partial charge in [0.05, 0.1) is 12.1 Å². The molecule has 0 atom stereocenters. The summed E-state index contributed by atoms with van der Waals surface area (Å²) in [6.07, 6.45) is 3.94. The lowest BCUT2D eigenvalue weighted by Crippen LogP contribution is -2.27. The lowest BCUT2D eigenvalue weighted by Gasteiger charge is -2.22. The molecule has 1 heterocycles. The fourth-order valence-corrected chi connectivity index (χ4v) is 2.68. The smallest absolute Gasteiger partial charge is 0.163 e. The van der Waals surface area contributed by atoms with Gasteiger partial charge >= 0.3 is 0 Å². The highest BCUT2D eigenvalue weighted by Crippen LogP contribution is 2.26. The zero-order chi connectivity index (χ0) is 13.7. The summed E-state index contributed by atoms with van der Waals surface area (Å²) in [6.45, 7) is 2.15. The van der Waals surface area contributed by atoms with Crippen molar-refractivity contribution in [1.82, 2.24) is 5.32 Å². The van der Waals surface area contributed by atoms with Crippen LogP contribution in [0.3, 0.4) is 0 Å². The Morgan fingerprint density at radius 2 is 2.16 bits per heavy atom. The molecular formula is C15H20ClNO2. The quantitative estimate of drug-likeness (QED) is 0.842. The normalized spacial score (nSPS) is 16.3. The molecule has 0 aromatic heterocycles. The van der Waals surface area contributed by atoms with Gasteiger partial charge in [-0.25, -0.2) is 0 Å². The number of hydrogen-bond donors (Lipinski definition) is 1. The van der Waals surface area contributed by atoms with Gasteiger partial charge in [0, 0.05) is 12.0 Å². The maximum Gasteiger partial charge on any atom is 0.163 e. The molecule has 0 radical (unpaired) electrons. The fraction of sp³-hybridized carbons (Fsp3) is 0.533. The Balaban J connectivity index is 1.92. The molecule has 0 amide bonds. The molecule has 3 nitrogen and oxygen atoms in total. The van der Waals surface area contributed by atoms with Crippen LogP contribution < -0.4 is 10.1 Å². The third-order valence-electron chi connectivity index (χ3n) is 3.71. The van der Waals surface area contributed by atoms with Crippen molar-refractivity contribution >= 4 is 17.4 Å². The minimum atomic E-state index is 0.175. The number of methoxy groups -OCH3 is 1. The summed E-state index contributed by atoms with van der Waals surface area (Å²) in [6, 6.07) is 5.22. The molecule has 0 spiro atoms. The maximum absolute atomic E-state index is 12.2. The molecular weight excluding hydrogens is 262 g/mol. The van der Waals surface area contributed by atoms with E-state index in [0.29, 0.717) is 28.7 Å². The van der Waals surface area contributed by atoms with Gasteiger partial charge in [0.15, 0.2) is 5.78 Å². The van der Waals surface area contributed by atoms with Crippen molar-refractivity contribution in [1.29, 1.82) is 0 Å². The predicted molar refractivity (Wildman–Crippen MR) is 77.2 cm³/mol. The third-order valence-corrected chi connectivity index (χ3v) is 4.02. The van der Waals surface area contributed by atoms with Crippen molar-refractivity contribution < 1.29 is 9.53 Å². The number of piperidine rings is 1. The Morgan fingerprint density at radius 3 is 2.84 bits per heavy atom. The average Bonchev–Trinajstić information content (AvgIpc) is 2.46. The van der Waals surface area contributed by atoms with E-state index in [2.05, 4.69) is 5.32 Å². The Kier molecular flexibility index (Phi) is 5.23. The van der Waals surface area contributed by atoms with Gasteiger partial charge in [-0.05, 0) is 56.5 Å². The number of nitrogens with one attached hydrogen (secondary N) is 1. The summed E-state index contributed by atoms with van der Waals surface area (Å²) >= 11 is 5.96. The molecule has 1 fully saturated rings. The Hall–Kier alpha value is -1.06. The lowest BCUT2D eigenvalue weighted by molar-refractivity contribution is 0.0970. The molecule has 1 N–H and O–H groups in total. The first-order valence-corrected chi connectivity index (χ1v) is 7.16. The Morgan fingerprint density at radius 1 is 1.42 bits per heavy atom. The summed E-state index contributed by atoms with van der Waals surface area (Å²) in [5.41, 5.74) is 0.690. The average molecular weight is 282 g/mol. The molecule has 104 valence electrons. The van der Waals surface area contributed by atoms with Crippen LogP contribution in [0, 0.1) is 5.92 Å². The molecule has 0 unspecified atom stereocenters. The van der Waals surface area contributed by atoms with E-state index in [1.54, 1.807) is 25.3 Å². The highest BCUT2D eigenvalue weighted by molar-refractivity contribution is 6.32. The zero-order valence-corrected chi connectivity index (χ0v) is 12.0. The van der Waals surface area contributed by atoms with Gasteiger partial charge < -0.3 is 10.1 Å². The molecule has 1 aromatic rings. The third kappa shape index (κ3) is 3.95.